The van der Waals surface area contributed by atoms with Gasteiger partial charge >= 0.3 is 5.97 Å². The van der Waals surface area contributed by atoms with Crippen molar-refractivity contribution in [1.29, 1.82) is 0 Å². The number of nitrogens with one attached hydrogen (secondary N) is 1. The second-order valence-corrected chi connectivity index (χ2v) is 5.13. The third-order valence-electron chi connectivity index (χ3n) is 3.45. The summed E-state index contributed by atoms with van der Waals surface area (Å²) in [7, 11) is 3.31. The van der Waals surface area contributed by atoms with Gasteiger partial charge in [0.15, 0.2) is 6.61 Å². The van der Waals surface area contributed by atoms with Crippen LogP contribution in [0.15, 0.2) is 24.3 Å². The molecule has 0 aromatic heterocycles. The molecule has 1 amide bonds. The highest BCUT2D eigenvalue weighted by molar-refractivity contribution is 5.93. The first kappa shape index (κ1) is 15.3. The Morgan fingerprint density at radius 3 is 2.90 bits per heavy atom. The fraction of sp³-hybridized carbons (Fsp3) is 0.467. The van der Waals surface area contributed by atoms with E-state index in [0.717, 1.165) is 19.5 Å². The van der Waals surface area contributed by atoms with Crippen molar-refractivity contribution in [3.63, 3.8) is 0 Å². The number of ether oxygens (including phenoxy) is 2. The van der Waals surface area contributed by atoms with Crippen LogP contribution in [0.2, 0.25) is 0 Å². The van der Waals surface area contributed by atoms with E-state index in [1.165, 1.54) is 7.11 Å². The molecule has 6 heteroatoms. The topological polar surface area (TPSA) is 67.9 Å². The Bertz CT molecular complexity index is 518. The Morgan fingerprint density at radius 2 is 2.24 bits per heavy atom. The first-order chi connectivity index (χ1) is 10.1. The largest absolute Gasteiger partial charge is 0.482 e. The van der Waals surface area contributed by atoms with Gasteiger partial charge in [-0.05, 0) is 32.1 Å². The Labute approximate surface area is 124 Å². The van der Waals surface area contributed by atoms with Crippen molar-refractivity contribution in [2.24, 2.45) is 5.92 Å². The van der Waals surface area contributed by atoms with Crippen molar-refractivity contribution < 1.29 is 19.1 Å². The van der Waals surface area contributed by atoms with Crippen LogP contribution >= 0.6 is 0 Å². The zero-order valence-electron chi connectivity index (χ0n) is 12.3. The van der Waals surface area contributed by atoms with Crippen molar-refractivity contribution in [2.75, 3.05) is 39.2 Å². The molecule has 1 aliphatic rings. The number of likely N-dealkylation sites (tertiary alicyclic amines) is 1. The number of carbonyl (C=O) groups is 2. The number of anilines is 1. The van der Waals surface area contributed by atoms with Gasteiger partial charge in [0.1, 0.15) is 5.75 Å². The fourth-order valence-corrected chi connectivity index (χ4v) is 2.26. The smallest absolute Gasteiger partial charge is 0.343 e. The second kappa shape index (κ2) is 7.08. The maximum absolute atomic E-state index is 12.1. The van der Waals surface area contributed by atoms with Crippen molar-refractivity contribution >= 4 is 17.6 Å². The third kappa shape index (κ3) is 4.46. The molecular weight excluding hydrogens is 272 g/mol. The molecule has 1 saturated heterocycles. The Hall–Kier alpha value is -2.08. The minimum absolute atomic E-state index is 0.0180. The van der Waals surface area contributed by atoms with Crippen LogP contribution in [0.3, 0.4) is 0 Å². The molecule has 1 unspecified atom stereocenters. The van der Waals surface area contributed by atoms with Gasteiger partial charge < -0.3 is 19.7 Å². The summed E-state index contributed by atoms with van der Waals surface area (Å²) in [5, 5.41) is 2.88. The molecule has 1 N–H and O–H groups in total. The zero-order valence-corrected chi connectivity index (χ0v) is 12.3. The summed E-state index contributed by atoms with van der Waals surface area (Å²) in [5.41, 5.74) is 0.664. The van der Waals surface area contributed by atoms with E-state index in [1.54, 1.807) is 24.3 Å². The summed E-state index contributed by atoms with van der Waals surface area (Å²) in [5.74, 6) is 0.110. The maximum atomic E-state index is 12.1. The minimum Gasteiger partial charge on any atom is -0.482 e. The number of methoxy groups -OCH3 is 1. The lowest BCUT2D eigenvalue weighted by molar-refractivity contribution is -0.142. The fourth-order valence-electron chi connectivity index (χ4n) is 2.26. The highest BCUT2D eigenvalue weighted by Crippen LogP contribution is 2.20. The molecule has 1 aromatic rings. The maximum Gasteiger partial charge on any atom is 0.343 e. The summed E-state index contributed by atoms with van der Waals surface area (Å²) >= 11 is 0. The zero-order chi connectivity index (χ0) is 15.2. The first-order valence-electron chi connectivity index (χ1n) is 6.87. The second-order valence-electron chi connectivity index (χ2n) is 5.13. The van der Waals surface area contributed by atoms with Gasteiger partial charge in [0.05, 0.1) is 13.0 Å². The van der Waals surface area contributed by atoms with Crippen LogP contribution in [-0.4, -0.2) is 50.6 Å². The monoisotopic (exact) mass is 292 g/mol. The number of amides is 1. The van der Waals surface area contributed by atoms with E-state index in [-0.39, 0.29) is 18.4 Å². The number of hydrogen-bond acceptors (Lipinski definition) is 5. The molecule has 1 heterocycles. The molecule has 0 spiro atoms. The molecular formula is C15H20N2O4. The predicted molar refractivity (Wildman–Crippen MR) is 78.2 cm³/mol. The van der Waals surface area contributed by atoms with Crippen molar-refractivity contribution in [2.45, 2.75) is 6.42 Å². The van der Waals surface area contributed by atoms with Crippen LogP contribution in [0.25, 0.3) is 0 Å². The average molecular weight is 292 g/mol. The van der Waals surface area contributed by atoms with Crippen molar-refractivity contribution in [3.05, 3.63) is 24.3 Å². The molecule has 114 valence electrons. The lowest BCUT2D eigenvalue weighted by Gasteiger charge is -2.12. The number of hydrogen-bond donors (Lipinski definition) is 1. The van der Waals surface area contributed by atoms with Crippen molar-refractivity contribution in [1.82, 2.24) is 4.90 Å². The lowest BCUT2D eigenvalue weighted by Crippen LogP contribution is -2.25. The highest BCUT2D eigenvalue weighted by atomic mass is 16.6. The Kier molecular flexibility index (Phi) is 5.16. The summed E-state index contributed by atoms with van der Waals surface area (Å²) in [6.45, 7) is 1.58. The van der Waals surface area contributed by atoms with Crippen LogP contribution in [-0.2, 0) is 14.3 Å². The molecule has 1 fully saturated rings. The Morgan fingerprint density at radius 1 is 1.43 bits per heavy atom. The normalized spacial score (nSPS) is 18.3. The molecule has 2 rings (SSSR count). The number of benzene rings is 1. The van der Waals surface area contributed by atoms with Crippen LogP contribution in [0, 0.1) is 5.92 Å². The van der Waals surface area contributed by atoms with Gasteiger partial charge in [-0.1, -0.05) is 6.07 Å². The molecule has 0 saturated carbocycles. The number of rotatable bonds is 5. The highest BCUT2D eigenvalue weighted by Gasteiger charge is 2.26. The first-order valence-corrected chi connectivity index (χ1v) is 6.87. The molecule has 0 bridgehead atoms. The molecule has 0 radical (unpaired) electrons. The summed E-state index contributed by atoms with van der Waals surface area (Å²) in [6.07, 6.45) is 0.876. The van der Waals surface area contributed by atoms with E-state index in [9.17, 15) is 9.59 Å². The van der Waals surface area contributed by atoms with E-state index in [1.807, 2.05) is 7.05 Å². The third-order valence-corrected chi connectivity index (χ3v) is 3.45. The van der Waals surface area contributed by atoms with Gasteiger partial charge in [0.25, 0.3) is 0 Å². The van der Waals surface area contributed by atoms with Gasteiger partial charge in [-0.15, -0.1) is 0 Å². The molecule has 1 aromatic carbocycles. The van der Waals surface area contributed by atoms with E-state index < -0.39 is 5.97 Å². The number of esters is 1. The van der Waals surface area contributed by atoms with Gasteiger partial charge in [-0.2, -0.15) is 0 Å². The number of carbonyl (C=O) groups excluding carboxylic acids is 2. The van der Waals surface area contributed by atoms with Crippen LogP contribution < -0.4 is 10.1 Å². The van der Waals surface area contributed by atoms with Gasteiger partial charge in [-0.25, -0.2) is 4.79 Å². The lowest BCUT2D eigenvalue weighted by atomic mass is 10.1. The van der Waals surface area contributed by atoms with Crippen molar-refractivity contribution in [3.8, 4) is 5.75 Å². The van der Waals surface area contributed by atoms with E-state index in [4.69, 9.17) is 4.74 Å². The molecule has 1 atom stereocenters. The Balaban J connectivity index is 1.91. The van der Waals surface area contributed by atoms with Crippen LogP contribution in [0.1, 0.15) is 6.42 Å². The standard InChI is InChI=1S/C15H20N2O4/c1-17-7-6-11(9-17)15(19)16-12-4-3-5-13(8-12)21-10-14(18)20-2/h3-5,8,11H,6-7,9-10H2,1-2H3,(H,16,19). The molecule has 6 nitrogen and oxygen atoms in total. The molecule has 1 aliphatic heterocycles. The van der Waals surface area contributed by atoms with Gasteiger partial charge in [0.2, 0.25) is 5.91 Å². The average Bonchev–Trinajstić information content (AvgIpc) is 2.92. The predicted octanol–water partition coefficient (Wildman–Crippen LogP) is 1.13. The minimum atomic E-state index is -0.446. The SMILES string of the molecule is COC(=O)COc1cccc(NC(=O)C2CCN(C)C2)c1. The van der Waals surface area contributed by atoms with Gasteiger partial charge in [0, 0.05) is 18.3 Å². The van der Waals surface area contributed by atoms with Crippen LogP contribution in [0.4, 0.5) is 5.69 Å². The van der Waals surface area contributed by atoms with E-state index >= 15 is 0 Å². The van der Waals surface area contributed by atoms with E-state index in [2.05, 4.69) is 15.0 Å². The molecule has 0 aliphatic carbocycles. The van der Waals surface area contributed by atoms with Gasteiger partial charge in [-0.3, -0.25) is 4.79 Å². The quantitative estimate of drug-likeness (QED) is 0.824. The van der Waals surface area contributed by atoms with E-state index in [0.29, 0.717) is 11.4 Å². The number of nitrogens with zero attached hydrogens (tertiary/aromatic N) is 1. The van der Waals surface area contributed by atoms with Crippen LogP contribution in [0.5, 0.6) is 5.75 Å². The molecule has 21 heavy (non-hydrogen) atoms. The summed E-state index contributed by atoms with van der Waals surface area (Å²) in [4.78, 5) is 25.3. The summed E-state index contributed by atoms with van der Waals surface area (Å²) < 4.78 is 9.80. The summed E-state index contributed by atoms with van der Waals surface area (Å²) in [6, 6.07) is 6.98.